The normalized spacial score (nSPS) is 15.3. The number of hydrogen-bond acceptors (Lipinski definition) is 3. The zero-order valence-electron chi connectivity index (χ0n) is 10.1. The van der Waals surface area contributed by atoms with Gasteiger partial charge in [0.05, 0.1) is 0 Å². The number of carboxylic acid groups (broad SMARTS) is 1. The summed E-state index contributed by atoms with van der Waals surface area (Å²) >= 11 is 0. The van der Waals surface area contributed by atoms with Crippen molar-refractivity contribution < 1.29 is 14.6 Å². The number of aliphatic carboxylic acids is 1. The zero-order valence-corrected chi connectivity index (χ0v) is 10.1. The van der Waals surface area contributed by atoms with Gasteiger partial charge in [0.15, 0.2) is 0 Å². The lowest BCUT2D eigenvalue weighted by Gasteiger charge is -2.21. The molecule has 0 aliphatic heterocycles. The minimum Gasteiger partial charge on any atom is -0.480 e. The van der Waals surface area contributed by atoms with Crippen LogP contribution in [-0.4, -0.2) is 36.9 Å². The summed E-state index contributed by atoms with van der Waals surface area (Å²) in [5.74, 6) is -0.388. The number of nitrogens with one attached hydrogen (secondary N) is 1. The van der Waals surface area contributed by atoms with Gasteiger partial charge in [-0.05, 0) is 25.7 Å². The summed E-state index contributed by atoms with van der Waals surface area (Å²) in [4.78, 5) is 11.0. The fourth-order valence-corrected chi connectivity index (χ4v) is 1.43. The van der Waals surface area contributed by atoms with E-state index in [9.17, 15) is 4.79 Å². The second-order valence-corrected chi connectivity index (χ2v) is 4.37. The van der Waals surface area contributed by atoms with Crippen LogP contribution in [0.5, 0.6) is 0 Å². The van der Waals surface area contributed by atoms with E-state index in [-0.39, 0.29) is 6.04 Å². The van der Waals surface area contributed by atoms with E-state index in [1.54, 1.807) is 7.11 Å². The molecule has 4 nitrogen and oxygen atoms in total. The first-order chi connectivity index (χ1) is 6.97. The highest BCUT2D eigenvalue weighted by molar-refractivity contribution is 5.73. The molecule has 0 aliphatic rings. The molecule has 0 aromatic carbocycles. The van der Waals surface area contributed by atoms with Crippen LogP contribution in [-0.2, 0) is 9.53 Å². The molecule has 90 valence electrons. The predicted molar refractivity (Wildman–Crippen MR) is 60.0 cm³/mol. The van der Waals surface area contributed by atoms with Gasteiger partial charge in [0, 0.05) is 19.8 Å². The van der Waals surface area contributed by atoms with E-state index < -0.39 is 12.0 Å². The number of carboxylic acids is 1. The maximum Gasteiger partial charge on any atom is 0.320 e. The second kappa shape index (κ2) is 7.65. The highest BCUT2D eigenvalue weighted by Gasteiger charge is 2.20. The average molecular weight is 217 g/mol. The molecule has 0 amide bonds. The molecular weight excluding hydrogens is 194 g/mol. The standard InChI is InChI=1S/C11H23NO3/c1-8(2)7-10(11(13)14)12-9(3)5-6-15-4/h8-10,12H,5-7H2,1-4H3,(H,13,14). The summed E-state index contributed by atoms with van der Waals surface area (Å²) in [6, 6.07) is -0.276. The van der Waals surface area contributed by atoms with Gasteiger partial charge in [-0.2, -0.15) is 0 Å². The van der Waals surface area contributed by atoms with Crippen molar-refractivity contribution in [3.05, 3.63) is 0 Å². The lowest BCUT2D eigenvalue weighted by atomic mass is 10.0. The Bertz CT molecular complexity index is 183. The molecule has 2 unspecified atom stereocenters. The van der Waals surface area contributed by atoms with Crippen LogP contribution in [0.3, 0.4) is 0 Å². The Morgan fingerprint density at radius 1 is 1.40 bits per heavy atom. The molecule has 2 N–H and O–H groups in total. The fraction of sp³-hybridized carbons (Fsp3) is 0.909. The second-order valence-electron chi connectivity index (χ2n) is 4.37. The van der Waals surface area contributed by atoms with Crippen LogP contribution in [0, 0.1) is 5.92 Å². The number of rotatable bonds is 8. The first-order valence-corrected chi connectivity index (χ1v) is 5.45. The van der Waals surface area contributed by atoms with Crippen LogP contribution in [0.1, 0.15) is 33.6 Å². The highest BCUT2D eigenvalue weighted by Crippen LogP contribution is 2.06. The van der Waals surface area contributed by atoms with Crippen LogP contribution in [0.25, 0.3) is 0 Å². The van der Waals surface area contributed by atoms with Gasteiger partial charge in [0.1, 0.15) is 6.04 Å². The summed E-state index contributed by atoms with van der Waals surface area (Å²) in [7, 11) is 1.65. The summed E-state index contributed by atoms with van der Waals surface area (Å²) in [6.07, 6.45) is 1.49. The lowest BCUT2D eigenvalue weighted by molar-refractivity contribution is -0.140. The molecular formula is C11H23NO3. The Labute approximate surface area is 92.0 Å². The van der Waals surface area contributed by atoms with Crippen molar-refractivity contribution in [1.29, 1.82) is 0 Å². The predicted octanol–water partition coefficient (Wildman–Crippen LogP) is 1.50. The van der Waals surface area contributed by atoms with Crippen molar-refractivity contribution in [2.45, 2.75) is 45.7 Å². The number of carbonyl (C=O) groups is 1. The molecule has 0 aliphatic carbocycles. The summed E-state index contributed by atoms with van der Waals surface area (Å²) in [5.41, 5.74) is 0. The SMILES string of the molecule is COCCC(C)NC(CC(C)C)C(=O)O. The maximum absolute atomic E-state index is 11.0. The molecule has 0 saturated heterocycles. The van der Waals surface area contributed by atoms with E-state index in [2.05, 4.69) is 5.32 Å². The lowest BCUT2D eigenvalue weighted by Crippen LogP contribution is -2.43. The van der Waals surface area contributed by atoms with Crippen LogP contribution < -0.4 is 5.32 Å². The van der Waals surface area contributed by atoms with Gasteiger partial charge in [0.25, 0.3) is 0 Å². The van der Waals surface area contributed by atoms with Crippen LogP contribution in [0.4, 0.5) is 0 Å². The molecule has 0 bridgehead atoms. The van der Waals surface area contributed by atoms with Gasteiger partial charge in [-0.15, -0.1) is 0 Å². The third kappa shape index (κ3) is 7.33. The van der Waals surface area contributed by atoms with Crippen LogP contribution in [0.2, 0.25) is 0 Å². The third-order valence-corrected chi connectivity index (χ3v) is 2.25. The highest BCUT2D eigenvalue weighted by atomic mass is 16.5. The third-order valence-electron chi connectivity index (χ3n) is 2.25. The van der Waals surface area contributed by atoms with Crippen molar-refractivity contribution in [3.63, 3.8) is 0 Å². The maximum atomic E-state index is 11.0. The topological polar surface area (TPSA) is 58.6 Å². The van der Waals surface area contributed by atoms with Gasteiger partial charge in [0.2, 0.25) is 0 Å². The monoisotopic (exact) mass is 217 g/mol. The van der Waals surface area contributed by atoms with Crippen molar-refractivity contribution in [2.24, 2.45) is 5.92 Å². The summed E-state index contributed by atoms with van der Waals surface area (Å²) in [6.45, 7) is 6.69. The van der Waals surface area contributed by atoms with Crippen molar-refractivity contribution >= 4 is 5.97 Å². The summed E-state index contributed by atoms with van der Waals surface area (Å²) in [5, 5.41) is 12.1. The fourth-order valence-electron chi connectivity index (χ4n) is 1.43. The van der Waals surface area contributed by atoms with Gasteiger partial charge in [-0.25, -0.2) is 0 Å². The van der Waals surface area contributed by atoms with E-state index >= 15 is 0 Å². The molecule has 2 atom stereocenters. The van der Waals surface area contributed by atoms with E-state index in [0.29, 0.717) is 18.9 Å². The minimum atomic E-state index is -0.770. The zero-order chi connectivity index (χ0) is 11.8. The van der Waals surface area contributed by atoms with E-state index in [1.165, 1.54) is 0 Å². The molecule has 0 aromatic heterocycles. The van der Waals surface area contributed by atoms with Crippen molar-refractivity contribution in [2.75, 3.05) is 13.7 Å². The molecule has 0 aromatic rings. The first kappa shape index (κ1) is 14.4. The number of methoxy groups -OCH3 is 1. The van der Waals surface area contributed by atoms with Gasteiger partial charge in [-0.3, -0.25) is 4.79 Å². The van der Waals surface area contributed by atoms with Gasteiger partial charge >= 0.3 is 5.97 Å². The molecule has 0 rings (SSSR count). The average Bonchev–Trinajstić information content (AvgIpc) is 2.12. The molecule has 0 saturated carbocycles. The van der Waals surface area contributed by atoms with E-state index in [1.807, 2.05) is 20.8 Å². The smallest absolute Gasteiger partial charge is 0.320 e. The Morgan fingerprint density at radius 3 is 2.40 bits per heavy atom. The molecule has 15 heavy (non-hydrogen) atoms. The first-order valence-electron chi connectivity index (χ1n) is 5.45. The van der Waals surface area contributed by atoms with Crippen molar-refractivity contribution in [3.8, 4) is 0 Å². The van der Waals surface area contributed by atoms with Gasteiger partial charge in [-0.1, -0.05) is 13.8 Å². The number of hydrogen-bond donors (Lipinski definition) is 2. The molecule has 4 heteroatoms. The van der Waals surface area contributed by atoms with E-state index in [0.717, 1.165) is 6.42 Å². The molecule has 0 heterocycles. The Balaban J connectivity index is 3.98. The molecule has 0 radical (unpaired) electrons. The summed E-state index contributed by atoms with van der Waals surface area (Å²) < 4.78 is 4.95. The largest absolute Gasteiger partial charge is 0.480 e. The minimum absolute atomic E-state index is 0.171. The molecule has 0 fully saturated rings. The van der Waals surface area contributed by atoms with Crippen LogP contribution in [0.15, 0.2) is 0 Å². The van der Waals surface area contributed by atoms with E-state index in [4.69, 9.17) is 9.84 Å². The molecule has 0 spiro atoms. The quantitative estimate of drug-likeness (QED) is 0.647. The Morgan fingerprint density at radius 2 is 2.00 bits per heavy atom. The Hall–Kier alpha value is -0.610. The number of ether oxygens (including phenoxy) is 1. The Kier molecular flexibility index (Phi) is 7.34. The van der Waals surface area contributed by atoms with Gasteiger partial charge < -0.3 is 15.2 Å². The van der Waals surface area contributed by atoms with Crippen molar-refractivity contribution in [1.82, 2.24) is 5.32 Å². The van der Waals surface area contributed by atoms with Crippen LogP contribution >= 0.6 is 0 Å².